The number of nitrogens with one attached hydrogen (secondary N) is 2. The van der Waals surface area contributed by atoms with E-state index in [1.54, 1.807) is 0 Å². The summed E-state index contributed by atoms with van der Waals surface area (Å²) in [4.78, 5) is 12.6. The van der Waals surface area contributed by atoms with Crippen LogP contribution in [0, 0.1) is 5.92 Å². The number of hydrogen-bond acceptors (Lipinski definition) is 4. The minimum atomic E-state index is 0.0359. The van der Waals surface area contributed by atoms with Crippen molar-refractivity contribution < 1.29 is 4.79 Å². The van der Waals surface area contributed by atoms with Crippen molar-refractivity contribution in [3.05, 3.63) is 65.2 Å². The minimum Gasteiger partial charge on any atom is -0.398 e. The zero-order chi connectivity index (χ0) is 19.6. The first-order chi connectivity index (χ1) is 13.7. The Labute approximate surface area is 168 Å². The fraction of sp³-hybridized carbons (Fsp3) is 0.458. The van der Waals surface area contributed by atoms with Crippen molar-refractivity contribution in [3.63, 3.8) is 0 Å². The Morgan fingerprint density at radius 1 is 0.929 bits per heavy atom. The van der Waals surface area contributed by atoms with Crippen LogP contribution in [0.3, 0.4) is 0 Å². The summed E-state index contributed by atoms with van der Waals surface area (Å²) in [5, 5.41) is 7.05. The lowest BCUT2D eigenvalue weighted by molar-refractivity contribution is 0.103. The van der Waals surface area contributed by atoms with Gasteiger partial charge in [-0.15, -0.1) is 0 Å². The number of hydrogen-bond donors (Lipinski definition) is 3. The summed E-state index contributed by atoms with van der Waals surface area (Å²) < 4.78 is 0. The van der Waals surface area contributed by atoms with E-state index in [-0.39, 0.29) is 5.78 Å². The van der Waals surface area contributed by atoms with E-state index in [9.17, 15) is 4.79 Å². The van der Waals surface area contributed by atoms with Gasteiger partial charge in [-0.05, 0) is 68.6 Å². The summed E-state index contributed by atoms with van der Waals surface area (Å²) in [7, 11) is 0. The second kappa shape index (κ2) is 11.0. The van der Waals surface area contributed by atoms with E-state index in [0.29, 0.717) is 17.7 Å². The molecule has 0 radical (unpaired) electrons. The zero-order valence-electron chi connectivity index (χ0n) is 16.8. The number of carbonyl (C=O) groups is 1. The Hall–Kier alpha value is -2.17. The molecule has 0 aromatic heterocycles. The van der Waals surface area contributed by atoms with Crippen molar-refractivity contribution in [2.45, 2.75) is 45.1 Å². The molecule has 28 heavy (non-hydrogen) atoms. The molecule has 2 aromatic rings. The van der Waals surface area contributed by atoms with E-state index >= 15 is 0 Å². The fourth-order valence-corrected chi connectivity index (χ4v) is 3.92. The van der Waals surface area contributed by atoms with E-state index in [1.165, 1.54) is 32.1 Å². The van der Waals surface area contributed by atoms with Crippen molar-refractivity contribution >= 4 is 11.5 Å². The largest absolute Gasteiger partial charge is 0.398 e. The molecule has 4 nitrogen and oxygen atoms in total. The molecule has 0 atom stereocenters. The van der Waals surface area contributed by atoms with Crippen LogP contribution < -0.4 is 16.4 Å². The second-order valence-corrected chi connectivity index (χ2v) is 7.85. The third-order valence-electron chi connectivity index (χ3n) is 5.62. The number of rotatable bonds is 10. The molecular weight excluding hydrogens is 346 g/mol. The quantitative estimate of drug-likeness (QED) is 0.330. The normalized spacial score (nSPS) is 14.9. The summed E-state index contributed by atoms with van der Waals surface area (Å²) >= 11 is 0. The highest BCUT2D eigenvalue weighted by Crippen LogP contribution is 2.22. The van der Waals surface area contributed by atoms with E-state index in [0.717, 1.165) is 43.2 Å². The average Bonchev–Trinajstić information content (AvgIpc) is 2.75. The Bertz CT molecular complexity index is 739. The number of anilines is 1. The van der Waals surface area contributed by atoms with Crippen LogP contribution in [0.15, 0.2) is 48.5 Å². The predicted molar refractivity (Wildman–Crippen MR) is 116 cm³/mol. The lowest BCUT2D eigenvalue weighted by atomic mass is 9.89. The lowest BCUT2D eigenvalue weighted by Crippen LogP contribution is -2.27. The molecule has 0 spiro atoms. The molecule has 0 aliphatic heterocycles. The molecule has 150 valence electrons. The Balaban J connectivity index is 1.40. The van der Waals surface area contributed by atoms with E-state index in [4.69, 9.17) is 5.73 Å². The molecule has 0 saturated heterocycles. The molecule has 4 N–H and O–H groups in total. The van der Waals surface area contributed by atoms with Gasteiger partial charge in [0, 0.05) is 23.4 Å². The van der Waals surface area contributed by atoms with Gasteiger partial charge in [0.1, 0.15) is 0 Å². The minimum absolute atomic E-state index is 0.0359. The van der Waals surface area contributed by atoms with Gasteiger partial charge in [-0.1, -0.05) is 49.6 Å². The van der Waals surface area contributed by atoms with Crippen molar-refractivity contribution in [2.75, 3.05) is 25.4 Å². The summed E-state index contributed by atoms with van der Waals surface area (Å²) in [6.07, 6.45) is 8.10. The summed E-state index contributed by atoms with van der Waals surface area (Å²) in [6, 6.07) is 14.9. The maximum Gasteiger partial charge on any atom is 0.193 e. The molecule has 1 fully saturated rings. The number of benzene rings is 2. The smallest absolute Gasteiger partial charge is 0.193 e. The number of nitrogens with two attached hydrogens (primary N) is 1. The van der Waals surface area contributed by atoms with Crippen LogP contribution in [0.5, 0.6) is 0 Å². The van der Waals surface area contributed by atoms with Crippen LogP contribution in [0.2, 0.25) is 0 Å². The summed E-state index contributed by atoms with van der Waals surface area (Å²) in [6.45, 7) is 3.83. The van der Waals surface area contributed by atoms with Crippen LogP contribution in [-0.4, -0.2) is 25.4 Å². The van der Waals surface area contributed by atoms with E-state index in [2.05, 4.69) is 10.6 Å². The SMILES string of the molecule is Nc1ccc(C(=O)c2ccccc2)cc1CNCCCNCC1CCCCC1. The topological polar surface area (TPSA) is 67.2 Å². The summed E-state index contributed by atoms with van der Waals surface area (Å²) in [5.41, 5.74) is 9.21. The van der Waals surface area contributed by atoms with Gasteiger partial charge in [-0.3, -0.25) is 4.79 Å². The molecule has 3 rings (SSSR count). The predicted octanol–water partition coefficient (Wildman–Crippen LogP) is 4.15. The lowest BCUT2D eigenvalue weighted by Gasteiger charge is -2.21. The highest BCUT2D eigenvalue weighted by atomic mass is 16.1. The monoisotopic (exact) mass is 379 g/mol. The van der Waals surface area contributed by atoms with Crippen molar-refractivity contribution in [1.82, 2.24) is 10.6 Å². The molecule has 0 unspecified atom stereocenters. The van der Waals surface area contributed by atoms with Crippen molar-refractivity contribution in [2.24, 2.45) is 5.92 Å². The van der Waals surface area contributed by atoms with Crippen LogP contribution in [0.25, 0.3) is 0 Å². The Morgan fingerprint density at radius 2 is 1.68 bits per heavy atom. The van der Waals surface area contributed by atoms with Gasteiger partial charge in [0.15, 0.2) is 5.78 Å². The number of ketones is 1. The molecule has 0 bridgehead atoms. The van der Waals surface area contributed by atoms with Gasteiger partial charge in [0.25, 0.3) is 0 Å². The first kappa shape index (κ1) is 20.6. The third-order valence-corrected chi connectivity index (χ3v) is 5.62. The first-order valence-electron chi connectivity index (χ1n) is 10.6. The molecule has 0 heterocycles. The van der Waals surface area contributed by atoms with Gasteiger partial charge >= 0.3 is 0 Å². The highest BCUT2D eigenvalue weighted by molar-refractivity contribution is 6.09. The van der Waals surface area contributed by atoms with Crippen LogP contribution in [0.4, 0.5) is 5.69 Å². The average molecular weight is 380 g/mol. The van der Waals surface area contributed by atoms with Crippen LogP contribution in [-0.2, 0) is 6.54 Å². The maximum absolute atomic E-state index is 12.6. The van der Waals surface area contributed by atoms with Gasteiger partial charge in [-0.25, -0.2) is 0 Å². The van der Waals surface area contributed by atoms with Crippen LogP contribution >= 0.6 is 0 Å². The molecule has 4 heteroatoms. The molecule has 1 aliphatic carbocycles. The van der Waals surface area contributed by atoms with Crippen LogP contribution in [0.1, 0.15) is 60.0 Å². The first-order valence-corrected chi connectivity index (χ1v) is 10.6. The Kier molecular flexibility index (Phi) is 8.07. The van der Waals surface area contributed by atoms with E-state index in [1.807, 2.05) is 48.5 Å². The standard InChI is InChI=1S/C24H33N3O/c25-23-13-12-21(24(28)20-10-5-2-6-11-20)16-22(23)18-27-15-7-14-26-17-19-8-3-1-4-9-19/h2,5-6,10-13,16,19,26-27H,1,3-4,7-9,14-15,17-18,25H2. The summed E-state index contributed by atoms with van der Waals surface area (Å²) in [5.74, 6) is 0.917. The second-order valence-electron chi connectivity index (χ2n) is 7.85. The fourth-order valence-electron chi connectivity index (χ4n) is 3.92. The maximum atomic E-state index is 12.6. The van der Waals surface area contributed by atoms with Gasteiger partial charge in [0.05, 0.1) is 0 Å². The highest BCUT2D eigenvalue weighted by Gasteiger charge is 2.12. The third kappa shape index (κ3) is 6.18. The van der Waals surface area contributed by atoms with Crippen molar-refractivity contribution in [1.29, 1.82) is 0 Å². The molecular formula is C24H33N3O. The molecule has 1 saturated carbocycles. The van der Waals surface area contributed by atoms with Crippen molar-refractivity contribution in [3.8, 4) is 0 Å². The molecule has 2 aromatic carbocycles. The van der Waals surface area contributed by atoms with Gasteiger partial charge in [-0.2, -0.15) is 0 Å². The molecule has 0 amide bonds. The number of nitrogen functional groups attached to an aromatic ring is 1. The number of carbonyl (C=O) groups excluding carboxylic acids is 1. The Morgan fingerprint density at radius 3 is 2.46 bits per heavy atom. The van der Waals surface area contributed by atoms with Gasteiger partial charge < -0.3 is 16.4 Å². The zero-order valence-corrected chi connectivity index (χ0v) is 16.8. The van der Waals surface area contributed by atoms with Gasteiger partial charge in [0.2, 0.25) is 0 Å². The molecule has 1 aliphatic rings. The van der Waals surface area contributed by atoms with E-state index < -0.39 is 0 Å².